The fraction of sp³-hybridized carbons (Fsp3) is 0.174. The molecule has 148 valence electrons. The molecule has 0 aliphatic heterocycles. The van der Waals surface area contributed by atoms with Crippen molar-refractivity contribution in [1.82, 2.24) is 4.98 Å². The van der Waals surface area contributed by atoms with Gasteiger partial charge in [-0.2, -0.15) is 0 Å². The highest BCUT2D eigenvalue weighted by molar-refractivity contribution is 6.05. The lowest BCUT2D eigenvalue weighted by Gasteiger charge is -2.14. The fourth-order valence-electron chi connectivity index (χ4n) is 2.90. The predicted molar refractivity (Wildman–Crippen MR) is 114 cm³/mol. The van der Waals surface area contributed by atoms with Crippen LogP contribution in [0.1, 0.15) is 46.0 Å². The summed E-state index contributed by atoms with van der Waals surface area (Å²) in [6.07, 6.45) is 1.59. The Morgan fingerprint density at radius 2 is 1.69 bits per heavy atom. The van der Waals surface area contributed by atoms with Crippen molar-refractivity contribution in [2.24, 2.45) is 0 Å². The van der Waals surface area contributed by atoms with Gasteiger partial charge in [-0.25, -0.2) is 9.78 Å². The predicted octanol–water partition coefficient (Wildman–Crippen LogP) is 4.99. The van der Waals surface area contributed by atoms with Crippen LogP contribution in [0.4, 0.5) is 17.2 Å². The number of hydrogen-bond acceptors (Lipinski definition) is 5. The molecule has 3 aromatic rings. The smallest absolute Gasteiger partial charge is 0.337 e. The number of carbonyl (C=O) groups excluding carboxylic acids is 2. The van der Waals surface area contributed by atoms with Gasteiger partial charge in [0, 0.05) is 23.1 Å². The van der Waals surface area contributed by atoms with Crippen LogP contribution in [0.5, 0.6) is 0 Å². The Balaban J connectivity index is 1.74. The van der Waals surface area contributed by atoms with Gasteiger partial charge in [0.15, 0.2) is 0 Å². The molecule has 0 radical (unpaired) electrons. The number of nitrogens with zero attached hydrogens (tertiary/aromatic N) is 1. The fourth-order valence-corrected chi connectivity index (χ4v) is 2.90. The first-order valence-electron chi connectivity index (χ1n) is 9.29. The highest BCUT2D eigenvalue weighted by Crippen LogP contribution is 2.26. The summed E-state index contributed by atoms with van der Waals surface area (Å²) in [7, 11) is 1.33. The Morgan fingerprint density at radius 1 is 0.966 bits per heavy atom. The van der Waals surface area contributed by atoms with Crippen molar-refractivity contribution < 1.29 is 14.3 Å². The maximum atomic E-state index is 12.6. The summed E-state index contributed by atoms with van der Waals surface area (Å²) in [6.45, 7) is 4.26. The second-order valence-electron chi connectivity index (χ2n) is 6.82. The van der Waals surface area contributed by atoms with Crippen LogP contribution in [0.15, 0.2) is 66.9 Å². The molecule has 0 spiro atoms. The quantitative estimate of drug-likeness (QED) is 0.581. The highest BCUT2D eigenvalue weighted by Gasteiger charge is 2.11. The number of para-hydroxylation sites is 1. The van der Waals surface area contributed by atoms with Crippen molar-refractivity contribution in [2.75, 3.05) is 17.7 Å². The molecule has 1 amide bonds. The molecule has 0 fully saturated rings. The van der Waals surface area contributed by atoms with Crippen molar-refractivity contribution in [1.29, 1.82) is 0 Å². The van der Waals surface area contributed by atoms with Crippen LogP contribution in [-0.2, 0) is 4.74 Å². The van der Waals surface area contributed by atoms with Crippen molar-refractivity contribution in [3.8, 4) is 0 Å². The summed E-state index contributed by atoms with van der Waals surface area (Å²) in [4.78, 5) is 28.4. The number of methoxy groups -OCH3 is 1. The molecule has 1 aromatic heterocycles. The van der Waals surface area contributed by atoms with Crippen LogP contribution >= 0.6 is 0 Å². The van der Waals surface area contributed by atoms with Crippen molar-refractivity contribution in [3.63, 3.8) is 0 Å². The van der Waals surface area contributed by atoms with E-state index in [1.165, 1.54) is 12.7 Å². The highest BCUT2D eigenvalue weighted by atomic mass is 16.5. The molecule has 0 saturated heterocycles. The molecule has 0 aliphatic rings. The SMILES string of the molecule is COC(=O)c1ccc(NC(=O)c2ccnc(Nc3ccccc3C(C)C)c2)cc1. The zero-order valence-corrected chi connectivity index (χ0v) is 16.6. The van der Waals surface area contributed by atoms with Gasteiger partial charge >= 0.3 is 5.97 Å². The summed E-state index contributed by atoms with van der Waals surface area (Å²) in [6, 6.07) is 17.9. The summed E-state index contributed by atoms with van der Waals surface area (Å²) in [5.41, 5.74) is 3.62. The Bertz CT molecular complexity index is 1010. The number of pyridine rings is 1. The Labute approximate surface area is 169 Å². The van der Waals surface area contributed by atoms with Crippen LogP contribution < -0.4 is 10.6 Å². The van der Waals surface area contributed by atoms with Gasteiger partial charge < -0.3 is 15.4 Å². The van der Waals surface area contributed by atoms with Gasteiger partial charge in [-0.3, -0.25) is 4.79 Å². The van der Waals surface area contributed by atoms with E-state index in [2.05, 4.69) is 40.3 Å². The number of ether oxygens (including phenoxy) is 1. The zero-order valence-electron chi connectivity index (χ0n) is 16.6. The van der Waals surface area contributed by atoms with Gasteiger partial charge in [-0.05, 0) is 53.9 Å². The van der Waals surface area contributed by atoms with Crippen molar-refractivity contribution >= 4 is 29.1 Å². The largest absolute Gasteiger partial charge is 0.465 e. The third kappa shape index (κ3) is 4.99. The molecule has 1 heterocycles. The Kier molecular flexibility index (Phi) is 6.24. The molecule has 0 atom stereocenters. The molecular weight excluding hydrogens is 366 g/mol. The van der Waals surface area contributed by atoms with Crippen molar-refractivity contribution in [3.05, 3.63) is 83.6 Å². The summed E-state index contributed by atoms with van der Waals surface area (Å²) in [5, 5.41) is 6.11. The lowest BCUT2D eigenvalue weighted by Crippen LogP contribution is -2.12. The zero-order chi connectivity index (χ0) is 20.8. The molecule has 3 rings (SSSR count). The number of rotatable bonds is 6. The molecule has 2 aromatic carbocycles. The molecule has 2 N–H and O–H groups in total. The van der Waals surface area contributed by atoms with Crippen LogP contribution in [0.3, 0.4) is 0 Å². The number of amides is 1. The third-order valence-electron chi connectivity index (χ3n) is 4.43. The van der Waals surface area contributed by atoms with Gasteiger partial charge in [0.05, 0.1) is 12.7 Å². The second-order valence-corrected chi connectivity index (χ2v) is 6.82. The van der Waals surface area contributed by atoms with Crippen LogP contribution in [-0.4, -0.2) is 24.0 Å². The molecule has 29 heavy (non-hydrogen) atoms. The van der Waals surface area contributed by atoms with E-state index in [4.69, 9.17) is 0 Å². The summed E-state index contributed by atoms with van der Waals surface area (Å²) >= 11 is 0. The number of carbonyl (C=O) groups is 2. The van der Waals surface area contributed by atoms with Gasteiger partial charge in [0.1, 0.15) is 5.82 Å². The summed E-state index contributed by atoms with van der Waals surface area (Å²) in [5.74, 6) is 0.262. The van der Waals surface area contributed by atoms with Gasteiger partial charge in [0.25, 0.3) is 5.91 Å². The number of benzene rings is 2. The van der Waals surface area contributed by atoms with Crippen molar-refractivity contribution in [2.45, 2.75) is 19.8 Å². The normalized spacial score (nSPS) is 10.5. The van der Waals surface area contributed by atoms with Gasteiger partial charge in [0.2, 0.25) is 0 Å². The molecule has 0 saturated carbocycles. The average Bonchev–Trinajstić information content (AvgIpc) is 2.74. The molecule has 0 bridgehead atoms. The van der Waals surface area contributed by atoms with Gasteiger partial charge in [-0.15, -0.1) is 0 Å². The standard InChI is InChI=1S/C23H23N3O3/c1-15(2)19-6-4-5-7-20(19)26-21-14-17(12-13-24-21)22(27)25-18-10-8-16(9-11-18)23(28)29-3/h4-15H,1-3H3,(H,24,26)(H,25,27). The minimum Gasteiger partial charge on any atom is -0.465 e. The topological polar surface area (TPSA) is 80.3 Å². The van der Waals surface area contributed by atoms with E-state index in [0.717, 1.165) is 5.69 Å². The third-order valence-corrected chi connectivity index (χ3v) is 4.43. The second kappa shape index (κ2) is 9.01. The number of aromatic nitrogens is 1. The first-order valence-corrected chi connectivity index (χ1v) is 9.29. The van der Waals surface area contributed by atoms with E-state index in [1.54, 1.807) is 42.6 Å². The lowest BCUT2D eigenvalue weighted by molar-refractivity contribution is 0.0600. The number of anilines is 3. The van der Waals surface area contributed by atoms with Crippen LogP contribution in [0, 0.1) is 0 Å². The maximum absolute atomic E-state index is 12.6. The van der Waals surface area contributed by atoms with E-state index in [0.29, 0.717) is 28.6 Å². The minimum atomic E-state index is -0.422. The Morgan fingerprint density at radius 3 is 2.38 bits per heavy atom. The number of nitrogens with one attached hydrogen (secondary N) is 2. The number of esters is 1. The maximum Gasteiger partial charge on any atom is 0.337 e. The molecule has 0 aliphatic carbocycles. The van der Waals surface area contributed by atoms with E-state index in [-0.39, 0.29) is 5.91 Å². The van der Waals surface area contributed by atoms with Crippen LogP contribution in [0.25, 0.3) is 0 Å². The molecule has 0 unspecified atom stereocenters. The van der Waals surface area contributed by atoms with E-state index < -0.39 is 5.97 Å². The lowest BCUT2D eigenvalue weighted by atomic mass is 10.0. The van der Waals surface area contributed by atoms with Crippen LogP contribution in [0.2, 0.25) is 0 Å². The monoisotopic (exact) mass is 389 g/mol. The first kappa shape index (κ1) is 20.1. The number of hydrogen-bond donors (Lipinski definition) is 2. The molecule has 6 heteroatoms. The van der Waals surface area contributed by atoms with E-state index in [1.807, 2.05) is 18.2 Å². The summed E-state index contributed by atoms with van der Waals surface area (Å²) < 4.78 is 4.67. The molecular formula is C23H23N3O3. The minimum absolute atomic E-state index is 0.265. The average molecular weight is 389 g/mol. The van der Waals surface area contributed by atoms with E-state index in [9.17, 15) is 9.59 Å². The first-order chi connectivity index (χ1) is 14.0. The van der Waals surface area contributed by atoms with E-state index >= 15 is 0 Å². The molecule has 6 nitrogen and oxygen atoms in total. The Hall–Kier alpha value is -3.67. The van der Waals surface area contributed by atoms with Gasteiger partial charge in [-0.1, -0.05) is 32.0 Å².